The van der Waals surface area contributed by atoms with E-state index in [2.05, 4.69) is 22.3 Å². The number of hydrogen-bond donors (Lipinski definition) is 1. The lowest BCUT2D eigenvalue weighted by molar-refractivity contribution is 0.0923. The first kappa shape index (κ1) is 17.3. The van der Waals surface area contributed by atoms with Gasteiger partial charge in [-0.15, -0.1) is 0 Å². The summed E-state index contributed by atoms with van der Waals surface area (Å²) in [5.41, 5.74) is 1.16. The number of carbonyl (C=O) groups excluding carboxylic acids is 1. The van der Waals surface area contributed by atoms with Crippen LogP contribution in [0, 0.1) is 5.92 Å². The Labute approximate surface area is 154 Å². The molecular weight excluding hydrogens is 328 g/mol. The van der Waals surface area contributed by atoms with E-state index in [1.807, 2.05) is 19.2 Å². The molecular formula is C20H28N4O2. The van der Waals surface area contributed by atoms with E-state index in [9.17, 15) is 4.79 Å². The third kappa shape index (κ3) is 3.55. The van der Waals surface area contributed by atoms with Crippen LogP contribution in [0.1, 0.15) is 68.8 Å². The first-order valence-electron chi connectivity index (χ1n) is 9.91. The van der Waals surface area contributed by atoms with Crippen molar-refractivity contribution < 1.29 is 9.53 Å². The number of rotatable bonds is 4. The van der Waals surface area contributed by atoms with Crippen molar-refractivity contribution in [2.75, 3.05) is 0 Å². The van der Waals surface area contributed by atoms with Crippen molar-refractivity contribution >= 4 is 16.9 Å². The largest absolute Gasteiger partial charge is 0.474 e. The van der Waals surface area contributed by atoms with Crippen LogP contribution in [-0.2, 0) is 7.05 Å². The highest BCUT2D eigenvalue weighted by molar-refractivity contribution is 6.04. The summed E-state index contributed by atoms with van der Waals surface area (Å²) in [6, 6.07) is 4.05. The molecule has 140 valence electrons. The topological polar surface area (TPSA) is 69.0 Å². The van der Waals surface area contributed by atoms with Crippen molar-refractivity contribution in [2.45, 2.75) is 70.4 Å². The fourth-order valence-electron chi connectivity index (χ4n) is 4.28. The van der Waals surface area contributed by atoms with Gasteiger partial charge < -0.3 is 10.1 Å². The third-order valence-electron chi connectivity index (χ3n) is 5.75. The van der Waals surface area contributed by atoms with E-state index in [1.165, 1.54) is 25.7 Å². The Bertz CT molecular complexity index is 794. The number of amides is 1. The number of aryl methyl sites for hydroxylation is 1. The molecule has 2 heterocycles. The normalized spacial score (nSPS) is 24.1. The number of fused-ring (bicyclic) bond motifs is 1. The van der Waals surface area contributed by atoms with E-state index in [0.29, 0.717) is 17.2 Å². The molecule has 2 aliphatic rings. The second-order valence-electron chi connectivity index (χ2n) is 7.96. The van der Waals surface area contributed by atoms with E-state index >= 15 is 0 Å². The molecule has 1 N–H and O–H groups in total. The standard InChI is InChI=1S/C20H28N4O2/c1-13-8-9-15(12-13)26-17-11-10-16-18(23-24(2)19(16)22-17)20(25)21-14-6-4-3-5-7-14/h10-11,13-15H,3-9,12H2,1-2H3,(H,21,25). The van der Waals surface area contributed by atoms with E-state index in [4.69, 9.17) is 4.74 Å². The van der Waals surface area contributed by atoms with Gasteiger partial charge in [-0.05, 0) is 44.1 Å². The molecule has 0 aromatic carbocycles. The molecule has 6 heteroatoms. The Morgan fingerprint density at radius 3 is 2.73 bits per heavy atom. The summed E-state index contributed by atoms with van der Waals surface area (Å²) < 4.78 is 7.72. The zero-order valence-corrected chi connectivity index (χ0v) is 15.7. The molecule has 2 aliphatic carbocycles. The Kier molecular flexibility index (Phi) is 4.83. The number of nitrogens with one attached hydrogen (secondary N) is 1. The van der Waals surface area contributed by atoms with Gasteiger partial charge in [0.1, 0.15) is 6.10 Å². The van der Waals surface area contributed by atoms with Crippen LogP contribution >= 0.6 is 0 Å². The monoisotopic (exact) mass is 356 g/mol. The van der Waals surface area contributed by atoms with Gasteiger partial charge >= 0.3 is 0 Å². The lowest BCUT2D eigenvalue weighted by Crippen LogP contribution is -2.36. The van der Waals surface area contributed by atoms with Gasteiger partial charge in [-0.2, -0.15) is 10.1 Å². The summed E-state index contributed by atoms with van der Waals surface area (Å²) >= 11 is 0. The minimum absolute atomic E-state index is 0.0948. The van der Waals surface area contributed by atoms with Crippen LogP contribution in [0.3, 0.4) is 0 Å². The first-order chi connectivity index (χ1) is 12.6. The predicted octanol–water partition coefficient (Wildman–Crippen LogP) is 3.60. The lowest BCUT2D eigenvalue weighted by atomic mass is 9.95. The molecule has 2 atom stereocenters. The second kappa shape index (κ2) is 7.25. The number of hydrogen-bond acceptors (Lipinski definition) is 4. The molecule has 6 nitrogen and oxygen atoms in total. The molecule has 0 spiro atoms. The third-order valence-corrected chi connectivity index (χ3v) is 5.75. The highest BCUT2D eigenvalue weighted by atomic mass is 16.5. The number of aromatic nitrogens is 3. The zero-order chi connectivity index (χ0) is 18.1. The van der Waals surface area contributed by atoms with Gasteiger partial charge in [0.25, 0.3) is 5.91 Å². The lowest BCUT2D eigenvalue weighted by Gasteiger charge is -2.22. The van der Waals surface area contributed by atoms with E-state index < -0.39 is 0 Å². The number of nitrogens with zero attached hydrogens (tertiary/aromatic N) is 3. The molecule has 2 saturated carbocycles. The maximum absolute atomic E-state index is 12.7. The van der Waals surface area contributed by atoms with Gasteiger partial charge in [0.15, 0.2) is 11.3 Å². The van der Waals surface area contributed by atoms with Gasteiger partial charge in [-0.3, -0.25) is 4.79 Å². The van der Waals surface area contributed by atoms with Gasteiger partial charge in [-0.1, -0.05) is 26.2 Å². The average molecular weight is 356 g/mol. The molecule has 1 amide bonds. The SMILES string of the molecule is CC1CCC(Oc2ccc3c(C(=O)NC4CCCCC4)nn(C)c3n2)C1. The highest BCUT2D eigenvalue weighted by Crippen LogP contribution is 2.29. The van der Waals surface area contributed by atoms with Crippen LogP contribution in [0.5, 0.6) is 5.88 Å². The van der Waals surface area contributed by atoms with E-state index in [0.717, 1.165) is 37.0 Å². The minimum atomic E-state index is -0.0948. The van der Waals surface area contributed by atoms with E-state index in [1.54, 1.807) is 4.68 Å². The Balaban J connectivity index is 1.52. The van der Waals surface area contributed by atoms with Crippen LogP contribution in [0.2, 0.25) is 0 Å². The molecule has 2 aromatic rings. The Morgan fingerprint density at radius 2 is 2.00 bits per heavy atom. The van der Waals surface area contributed by atoms with Crippen molar-refractivity contribution in [3.63, 3.8) is 0 Å². The second-order valence-corrected chi connectivity index (χ2v) is 7.96. The van der Waals surface area contributed by atoms with Crippen molar-refractivity contribution in [3.05, 3.63) is 17.8 Å². The zero-order valence-electron chi connectivity index (χ0n) is 15.7. The summed E-state index contributed by atoms with van der Waals surface area (Å²) in [6.45, 7) is 2.26. The molecule has 0 saturated heterocycles. The Morgan fingerprint density at radius 1 is 1.19 bits per heavy atom. The van der Waals surface area contributed by atoms with Crippen molar-refractivity contribution in [1.82, 2.24) is 20.1 Å². The quantitative estimate of drug-likeness (QED) is 0.909. The summed E-state index contributed by atoms with van der Waals surface area (Å²) in [6.07, 6.45) is 9.40. The molecule has 2 aromatic heterocycles. The summed E-state index contributed by atoms with van der Waals surface area (Å²) in [5.74, 6) is 1.25. The number of pyridine rings is 1. The van der Waals surface area contributed by atoms with Gasteiger partial charge in [0.2, 0.25) is 5.88 Å². The molecule has 2 unspecified atom stereocenters. The van der Waals surface area contributed by atoms with Crippen molar-refractivity contribution in [1.29, 1.82) is 0 Å². The van der Waals surface area contributed by atoms with Gasteiger partial charge in [0, 0.05) is 19.2 Å². The molecule has 0 aliphatic heterocycles. The van der Waals surface area contributed by atoms with Gasteiger partial charge in [0.05, 0.1) is 5.39 Å². The maximum Gasteiger partial charge on any atom is 0.272 e. The predicted molar refractivity (Wildman–Crippen MR) is 100 cm³/mol. The summed E-state index contributed by atoms with van der Waals surface area (Å²) in [5, 5.41) is 8.36. The van der Waals surface area contributed by atoms with Crippen LogP contribution in [0.25, 0.3) is 11.0 Å². The van der Waals surface area contributed by atoms with Gasteiger partial charge in [-0.25, -0.2) is 4.68 Å². The fraction of sp³-hybridized carbons (Fsp3) is 0.650. The maximum atomic E-state index is 12.7. The molecule has 4 rings (SSSR count). The molecule has 0 bridgehead atoms. The van der Waals surface area contributed by atoms with Crippen LogP contribution < -0.4 is 10.1 Å². The highest BCUT2D eigenvalue weighted by Gasteiger charge is 2.25. The van der Waals surface area contributed by atoms with E-state index in [-0.39, 0.29) is 18.1 Å². The van der Waals surface area contributed by atoms with Crippen molar-refractivity contribution in [2.24, 2.45) is 13.0 Å². The van der Waals surface area contributed by atoms with Crippen LogP contribution in [-0.4, -0.2) is 32.8 Å². The fourth-order valence-corrected chi connectivity index (χ4v) is 4.28. The summed E-state index contributed by atoms with van der Waals surface area (Å²) in [4.78, 5) is 17.3. The molecule has 2 fully saturated rings. The molecule has 0 radical (unpaired) electrons. The average Bonchev–Trinajstić information content (AvgIpc) is 3.19. The molecule has 26 heavy (non-hydrogen) atoms. The minimum Gasteiger partial charge on any atom is -0.474 e. The number of carbonyl (C=O) groups is 1. The summed E-state index contributed by atoms with van der Waals surface area (Å²) in [7, 11) is 1.83. The van der Waals surface area contributed by atoms with Crippen LogP contribution in [0.4, 0.5) is 0 Å². The first-order valence-corrected chi connectivity index (χ1v) is 9.91. The number of ether oxygens (including phenoxy) is 1. The van der Waals surface area contributed by atoms with Crippen LogP contribution in [0.15, 0.2) is 12.1 Å². The van der Waals surface area contributed by atoms with Crippen molar-refractivity contribution in [3.8, 4) is 5.88 Å². The Hall–Kier alpha value is -2.11. The smallest absolute Gasteiger partial charge is 0.272 e.